The lowest BCUT2D eigenvalue weighted by atomic mass is 9.66. The molecule has 0 N–H and O–H groups in total. The van der Waals surface area contributed by atoms with Gasteiger partial charge in [-0.15, -0.1) is 0 Å². The van der Waals surface area contributed by atoms with E-state index >= 15 is 0 Å². The fourth-order valence-corrected chi connectivity index (χ4v) is 3.84. The first-order chi connectivity index (χ1) is 13.7. The van der Waals surface area contributed by atoms with Gasteiger partial charge in [0.2, 0.25) is 0 Å². The molecule has 0 fully saturated rings. The van der Waals surface area contributed by atoms with E-state index in [0.29, 0.717) is 22.3 Å². The van der Waals surface area contributed by atoms with Crippen molar-refractivity contribution in [3.8, 4) is 0 Å². The third-order valence-electron chi connectivity index (χ3n) is 5.22. The van der Waals surface area contributed by atoms with E-state index in [1.54, 1.807) is 97.1 Å². The summed E-state index contributed by atoms with van der Waals surface area (Å²) in [6.07, 6.45) is 0. The molecule has 0 aliphatic carbocycles. The summed E-state index contributed by atoms with van der Waals surface area (Å²) in [7, 11) is 0. The third kappa shape index (κ3) is 2.84. The SMILES string of the molecule is [O-]C(c1ccccc1)(c1ccccc1)C([O-])(c1ccccc1)c1ccccc1. The monoisotopic (exact) mass is 364 g/mol. The summed E-state index contributed by atoms with van der Waals surface area (Å²) in [5, 5.41) is 29.6. The van der Waals surface area contributed by atoms with Gasteiger partial charge in [0.05, 0.1) is 0 Å². The van der Waals surface area contributed by atoms with Crippen LogP contribution in [0.4, 0.5) is 0 Å². The van der Waals surface area contributed by atoms with Gasteiger partial charge in [0.25, 0.3) is 0 Å². The molecule has 138 valence electrons. The summed E-state index contributed by atoms with van der Waals surface area (Å²) in [5.74, 6) is 0. The second kappa shape index (κ2) is 7.43. The lowest BCUT2D eigenvalue weighted by Gasteiger charge is -2.63. The van der Waals surface area contributed by atoms with Gasteiger partial charge in [0.1, 0.15) is 0 Å². The van der Waals surface area contributed by atoms with Crippen LogP contribution in [0.3, 0.4) is 0 Å². The van der Waals surface area contributed by atoms with Crippen molar-refractivity contribution in [1.29, 1.82) is 0 Å². The van der Waals surface area contributed by atoms with Gasteiger partial charge >= 0.3 is 0 Å². The summed E-state index contributed by atoms with van der Waals surface area (Å²) in [6.45, 7) is 0. The third-order valence-corrected chi connectivity index (χ3v) is 5.22. The number of hydrogen-bond acceptors (Lipinski definition) is 2. The Morgan fingerprint density at radius 1 is 0.321 bits per heavy atom. The topological polar surface area (TPSA) is 46.1 Å². The molecular formula is C26H20O2-2. The van der Waals surface area contributed by atoms with Crippen molar-refractivity contribution >= 4 is 0 Å². The van der Waals surface area contributed by atoms with Crippen molar-refractivity contribution in [1.82, 2.24) is 0 Å². The normalized spacial score (nSPS) is 11.9. The second-order valence-corrected chi connectivity index (χ2v) is 6.83. The van der Waals surface area contributed by atoms with E-state index in [1.807, 2.05) is 24.3 Å². The molecular weight excluding hydrogens is 344 g/mol. The first-order valence-corrected chi connectivity index (χ1v) is 9.30. The average molecular weight is 364 g/mol. The van der Waals surface area contributed by atoms with Gasteiger partial charge in [0.15, 0.2) is 0 Å². The summed E-state index contributed by atoms with van der Waals surface area (Å²) in [4.78, 5) is 0. The molecule has 0 aliphatic rings. The van der Waals surface area contributed by atoms with Crippen molar-refractivity contribution < 1.29 is 10.2 Å². The maximum Gasteiger partial charge on any atom is -0.0542 e. The molecule has 0 heterocycles. The van der Waals surface area contributed by atoms with Crippen LogP contribution in [0.1, 0.15) is 22.3 Å². The van der Waals surface area contributed by atoms with Crippen LogP contribution in [0, 0.1) is 0 Å². The van der Waals surface area contributed by atoms with E-state index in [4.69, 9.17) is 0 Å². The summed E-state index contributed by atoms with van der Waals surface area (Å²) < 4.78 is 0. The van der Waals surface area contributed by atoms with Gasteiger partial charge < -0.3 is 10.2 Å². The van der Waals surface area contributed by atoms with Gasteiger partial charge in [-0.05, 0) is 0 Å². The zero-order valence-electron chi connectivity index (χ0n) is 15.4. The van der Waals surface area contributed by atoms with Crippen LogP contribution in [-0.2, 0) is 11.2 Å². The zero-order valence-corrected chi connectivity index (χ0v) is 15.4. The molecule has 0 aliphatic heterocycles. The van der Waals surface area contributed by atoms with Gasteiger partial charge in [-0.25, -0.2) is 0 Å². The van der Waals surface area contributed by atoms with Crippen molar-refractivity contribution in [2.45, 2.75) is 11.2 Å². The van der Waals surface area contributed by atoms with Crippen LogP contribution >= 0.6 is 0 Å². The minimum Gasteiger partial charge on any atom is -0.843 e. The Morgan fingerprint density at radius 2 is 0.500 bits per heavy atom. The van der Waals surface area contributed by atoms with Crippen LogP contribution in [0.15, 0.2) is 121 Å². The number of rotatable bonds is 5. The molecule has 4 aromatic rings. The Hall–Kier alpha value is -3.20. The lowest BCUT2D eigenvalue weighted by Crippen LogP contribution is -2.66. The minimum absolute atomic E-state index is 0.448. The Bertz CT molecular complexity index is 847. The van der Waals surface area contributed by atoms with Crippen LogP contribution in [0.5, 0.6) is 0 Å². The van der Waals surface area contributed by atoms with E-state index in [1.165, 1.54) is 0 Å². The van der Waals surface area contributed by atoms with Gasteiger partial charge in [0, 0.05) is 0 Å². The molecule has 0 saturated carbocycles. The molecule has 2 nitrogen and oxygen atoms in total. The van der Waals surface area contributed by atoms with Crippen LogP contribution in [-0.4, -0.2) is 0 Å². The molecule has 28 heavy (non-hydrogen) atoms. The zero-order chi connectivity index (χ0) is 19.5. The number of hydrogen-bond donors (Lipinski definition) is 0. The largest absolute Gasteiger partial charge is 0.843 e. The smallest absolute Gasteiger partial charge is 0.0542 e. The Kier molecular flexibility index (Phi) is 4.82. The molecule has 0 bridgehead atoms. The maximum absolute atomic E-state index is 14.8. The molecule has 0 saturated heterocycles. The highest BCUT2D eigenvalue weighted by atomic mass is 16.4. The molecule has 0 aromatic heterocycles. The van der Waals surface area contributed by atoms with E-state index in [9.17, 15) is 10.2 Å². The quantitative estimate of drug-likeness (QED) is 0.543. The standard InChI is InChI=1S/C26H20O2/c27-25(21-13-5-1-6-14-21,22-15-7-2-8-16-22)26(28,23-17-9-3-10-18-23)24-19-11-4-12-20-24/h1-20H/q-2. The van der Waals surface area contributed by atoms with Crippen LogP contribution in [0.25, 0.3) is 0 Å². The predicted molar refractivity (Wildman–Crippen MR) is 107 cm³/mol. The lowest BCUT2D eigenvalue weighted by molar-refractivity contribution is -0.606. The van der Waals surface area contributed by atoms with Crippen molar-refractivity contribution in [2.75, 3.05) is 0 Å². The Morgan fingerprint density at radius 3 is 0.679 bits per heavy atom. The van der Waals surface area contributed by atoms with E-state index in [0.717, 1.165) is 0 Å². The van der Waals surface area contributed by atoms with Crippen molar-refractivity contribution in [3.05, 3.63) is 144 Å². The van der Waals surface area contributed by atoms with Gasteiger partial charge in [-0.1, -0.05) is 155 Å². The second-order valence-electron chi connectivity index (χ2n) is 6.83. The van der Waals surface area contributed by atoms with Crippen molar-refractivity contribution in [2.24, 2.45) is 0 Å². The van der Waals surface area contributed by atoms with Crippen molar-refractivity contribution in [3.63, 3.8) is 0 Å². The highest BCUT2D eigenvalue weighted by Crippen LogP contribution is 2.45. The molecule has 4 rings (SSSR count). The fraction of sp³-hybridized carbons (Fsp3) is 0.0769. The average Bonchev–Trinajstić information content (AvgIpc) is 2.80. The summed E-state index contributed by atoms with van der Waals surface area (Å²) in [5.41, 5.74) is -2.32. The highest BCUT2D eigenvalue weighted by molar-refractivity contribution is 5.49. The molecule has 0 amide bonds. The predicted octanol–water partition coefficient (Wildman–Crippen LogP) is 3.59. The molecule has 0 radical (unpaired) electrons. The van der Waals surface area contributed by atoms with Crippen LogP contribution in [0.2, 0.25) is 0 Å². The summed E-state index contributed by atoms with van der Waals surface area (Å²) >= 11 is 0. The minimum atomic E-state index is -2.06. The highest BCUT2D eigenvalue weighted by Gasteiger charge is 2.38. The van der Waals surface area contributed by atoms with Gasteiger partial charge in [-0.3, -0.25) is 0 Å². The van der Waals surface area contributed by atoms with E-state index < -0.39 is 11.2 Å². The first kappa shape index (κ1) is 18.2. The molecule has 4 aromatic carbocycles. The summed E-state index contributed by atoms with van der Waals surface area (Å²) in [6, 6.07) is 35.9. The molecule has 0 unspecified atom stereocenters. The van der Waals surface area contributed by atoms with Gasteiger partial charge in [-0.2, -0.15) is 0 Å². The van der Waals surface area contributed by atoms with Crippen LogP contribution < -0.4 is 10.2 Å². The number of benzene rings is 4. The first-order valence-electron chi connectivity index (χ1n) is 9.30. The van der Waals surface area contributed by atoms with E-state index in [2.05, 4.69) is 0 Å². The Balaban J connectivity index is 2.09. The fourth-order valence-electron chi connectivity index (χ4n) is 3.84. The molecule has 2 heteroatoms. The van der Waals surface area contributed by atoms with E-state index in [-0.39, 0.29) is 0 Å². The Labute approximate surface area is 165 Å². The molecule has 0 spiro atoms. The molecule has 0 atom stereocenters. The maximum atomic E-state index is 14.8.